The van der Waals surface area contributed by atoms with Crippen LogP contribution in [0, 0.1) is 0 Å². The maximum absolute atomic E-state index is 10.4. The van der Waals surface area contributed by atoms with Crippen LogP contribution in [0.2, 0.25) is 0 Å². The normalized spacial score (nSPS) is 10.7. The molecule has 0 saturated heterocycles. The van der Waals surface area contributed by atoms with E-state index in [2.05, 4.69) is 0 Å². The molecule has 2 N–H and O–H groups in total. The van der Waals surface area contributed by atoms with Crippen LogP contribution < -0.4 is 0 Å². The van der Waals surface area contributed by atoms with Crippen molar-refractivity contribution in [2.24, 2.45) is 0 Å². The molecule has 0 atom stereocenters. The van der Waals surface area contributed by atoms with Gasteiger partial charge in [-0.25, -0.2) is 0 Å². The Morgan fingerprint density at radius 3 is 2.46 bits per heavy atom. The summed E-state index contributed by atoms with van der Waals surface area (Å²) < 4.78 is 0. The molecule has 0 bridgehead atoms. The van der Waals surface area contributed by atoms with E-state index >= 15 is 0 Å². The predicted octanol–water partition coefficient (Wildman–Crippen LogP) is 0.556. The first kappa shape index (κ1) is 12.4. The van der Waals surface area contributed by atoms with Gasteiger partial charge in [0.15, 0.2) is 0 Å². The van der Waals surface area contributed by atoms with Gasteiger partial charge in [-0.3, -0.25) is 9.69 Å². The number of unbranched alkanes of at least 4 members (excludes halogenated alkanes) is 1. The van der Waals surface area contributed by atoms with Gasteiger partial charge in [0.25, 0.3) is 0 Å². The second-order valence-electron chi connectivity index (χ2n) is 3.10. The molecular weight excluding hydrogens is 170 g/mol. The minimum atomic E-state index is -0.780. The van der Waals surface area contributed by atoms with Gasteiger partial charge in [-0.2, -0.15) is 0 Å². The number of carboxylic acids is 1. The first-order valence-corrected chi connectivity index (χ1v) is 4.75. The molecule has 0 aromatic carbocycles. The molecule has 0 aliphatic heterocycles. The average Bonchev–Trinajstić information content (AvgIpc) is 2.04. The lowest BCUT2D eigenvalue weighted by molar-refractivity contribution is -0.138. The summed E-state index contributed by atoms with van der Waals surface area (Å²) >= 11 is 0. The highest BCUT2D eigenvalue weighted by Gasteiger charge is 2.07. The van der Waals surface area contributed by atoms with Gasteiger partial charge in [-0.1, -0.05) is 6.92 Å². The smallest absolute Gasteiger partial charge is 0.317 e. The third kappa shape index (κ3) is 7.74. The fourth-order valence-corrected chi connectivity index (χ4v) is 1.22. The molecule has 0 heterocycles. The quantitative estimate of drug-likeness (QED) is 0.548. The van der Waals surface area contributed by atoms with Gasteiger partial charge in [0.2, 0.25) is 0 Å². The van der Waals surface area contributed by atoms with E-state index in [4.69, 9.17) is 10.2 Å². The second-order valence-corrected chi connectivity index (χ2v) is 3.10. The van der Waals surface area contributed by atoms with Crippen molar-refractivity contribution in [3.05, 3.63) is 0 Å². The van der Waals surface area contributed by atoms with Crippen LogP contribution in [0.15, 0.2) is 0 Å². The van der Waals surface area contributed by atoms with Crippen molar-refractivity contribution in [2.45, 2.75) is 26.2 Å². The largest absolute Gasteiger partial charge is 0.480 e. The second kappa shape index (κ2) is 8.01. The molecule has 13 heavy (non-hydrogen) atoms. The third-order valence-electron chi connectivity index (χ3n) is 1.78. The van der Waals surface area contributed by atoms with E-state index in [-0.39, 0.29) is 13.2 Å². The summed E-state index contributed by atoms with van der Waals surface area (Å²) in [5.41, 5.74) is 0. The van der Waals surface area contributed by atoms with E-state index in [1.165, 1.54) is 0 Å². The number of hydrogen-bond acceptors (Lipinski definition) is 3. The molecule has 0 aliphatic rings. The molecule has 0 spiro atoms. The molecular formula is C9H19NO3. The van der Waals surface area contributed by atoms with E-state index in [1.54, 1.807) is 0 Å². The zero-order chi connectivity index (χ0) is 10.1. The van der Waals surface area contributed by atoms with Gasteiger partial charge in [0, 0.05) is 6.61 Å². The molecule has 0 aliphatic carbocycles. The Balaban J connectivity index is 3.59. The molecule has 0 unspecified atom stereocenters. The predicted molar refractivity (Wildman–Crippen MR) is 50.7 cm³/mol. The Morgan fingerprint density at radius 1 is 1.31 bits per heavy atom. The lowest BCUT2D eigenvalue weighted by Crippen LogP contribution is -2.31. The van der Waals surface area contributed by atoms with Crippen molar-refractivity contribution >= 4 is 5.97 Å². The molecule has 0 aromatic heterocycles. The van der Waals surface area contributed by atoms with Gasteiger partial charge < -0.3 is 10.2 Å². The van der Waals surface area contributed by atoms with E-state index in [0.29, 0.717) is 0 Å². The standard InChI is InChI=1S/C9H19NO3/c1-2-5-10(8-9(12)13)6-3-4-7-11/h11H,2-8H2,1H3,(H,12,13). The van der Waals surface area contributed by atoms with Crippen LogP contribution in [0.5, 0.6) is 0 Å². The number of nitrogens with zero attached hydrogens (tertiary/aromatic N) is 1. The van der Waals surface area contributed by atoms with Crippen molar-refractivity contribution in [3.63, 3.8) is 0 Å². The van der Waals surface area contributed by atoms with Crippen molar-refractivity contribution in [1.29, 1.82) is 0 Å². The summed E-state index contributed by atoms with van der Waals surface area (Å²) in [7, 11) is 0. The molecule has 0 fully saturated rings. The zero-order valence-electron chi connectivity index (χ0n) is 8.20. The summed E-state index contributed by atoms with van der Waals surface area (Å²) in [6.45, 7) is 3.91. The van der Waals surface area contributed by atoms with Crippen LogP contribution in [0.3, 0.4) is 0 Å². The Morgan fingerprint density at radius 2 is 2.00 bits per heavy atom. The Hall–Kier alpha value is -0.610. The molecule has 78 valence electrons. The van der Waals surface area contributed by atoms with Gasteiger partial charge in [-0.05, 0) is 32.4 Å². The first-order chi connectivity index (χ1) is 6.20. The van der Waals surface area contributed by atoms with Crippen LogP contribution in [0.4, 0.5) is 0 Å². The van der Waals surface area contributed by atoms with Crippen LogP contribution in [0.25, 0.3) is 0 Å². The van der Waals surface area contributed by atoms with Crippen molar-refractivity contribution in [3.8, 4) is 0 Å². The molecule has 0 aromatic rings. The van der Waals surface area contributed by atoms with E-state index in [9.17, 15) is 4.79 Å². The molecule has 0 saturated carbocycles. The topological polar surface area (TPSA) is 60.8 Å². The Bertz CT molecular complexity index is 139. The number of aliphatic hydroxyl groups is 1. The minimum absolute atomic E-state index is 0.110. The summed E-state index contributed by atoms with van der Waals surface area (Å²) in [4.78, 5) is 12.3. The summed E-state index contributed by atoms with van der Waals surface area (Å²) in [5, 5.41) is 17.1. The Kier molecular flexibility index (Phi) is 7.63. The average molecular weight is 189 g/mol. The van der Waals surface area contributed by atoms with Crippen LogP contribution in [-0.2, 0) is 4.79 Å². The van der Waals surface area contributed by atoms with Gasteiger partial charge in [0.05, 0.1) is 6.54 Å². The van der Waals surface area contributed by atoms with Crippen LogP contribution >= 0.6 is 0 Å². The molecule has 4 nitrogen and oxygen atoms in total. The first-order valence-electron chi connectivity index (χ1n) is 4.75. The van der Waals surface area contributed by atoms with E-state index in [0.717, 1.165) is 32.4 Å². The molecule has 0 rings (SSSR count). The van der Waals surface area contributed by atoms with Crippen molar-refractivity contribution in [1.82, 2.24) is 4.90 Å². The SMILES string of the molecule is CCCN(CCCCO)CC(=O)O. The zero-order valence-corrected chi connectivity index (χ0v) is 8.20. The fraction of sp³-hybridized carbons (Fsp3) is 0.889. The summed E-state index contributed by atoms with van der Waals surface area (Å²) in [6.07, 6.45) is 2.58. The summed E-state index contributed by atoms with van der Waals surface area (Å²) in [5.74, 6) is -0.780. The number of rotatable bonds is 8. The number of aliphatic hydroxyl groups excluding tert-OH is 1. The maximum Gasteiger partial charge on any atom is 0.317 e. The Labute approximate surface area is 79.2 Å². The molecule has 4 heteroatoms. The van der Waals surface area contributed by atoms with Crippen LogP contribution in [0.1, 0.15) is 26.2 Å². The summed E-state index contributed by atoms with van der Waals surface area (Å²) in [6, 6.07) is 0. The maximum atomic E-state index is 10.4. The highest BCUT2D eigenvalue weighted by Crippen LogP contribution is 1.96. The number of carbonyl (C=O) groups is 1. The van der Waals surface area contributed by atoms with Crippen LogP contribution in [-0.4, -0.2) is 47.3 Å². The van der Waals surface area contributed by atoms with Crippen molar-refractivity contribution in [2.75, 3.05) is 26.2 Å². The highest BCUT2D eigenvalue weighted by atomic mass is 16.4. The van der Waals surface area contributed by atoms with Crippen molar-refractivity contribution < 1.29 is 15.0 Å². The number of carboxylic acid groups (broad SMARTS) is 1. The lowest BCUT2D eigenvalue weighted by atomic mass is 10.3. The molecule has 0 amide bonds. The molecule has 0 radical (unpaired) electrons. The monoisotopic (exact) mass is 189 g/mol. The third-order valence-corrected chi connectivity index (χ3v) is 1.78. The fourth-order valence-electron chi connectivity index (χ4n) is 1.22. The van der Waals surface area contributed by atoms with E-state index in [1.807, 2.05) is 11.8 Å². The minimum Gasteiger partial charge on any atom is -0.480 e. The number of hydrogen-bond donors (Lipinski definition) is 2. The van der Waals surface area contributed by atoms with Gasteiger partial charge in [0.1, 0.15) is 0 Å². The van der Waals surface area contributed by atoms with Gasteiger partial charge in [-0.15, -0.1) is 0 Å². The number of aliphatic carboxylic acids is 1. The van der Waals surface area contributed by atoms with Gasteiger partial charge >= 0.3 is 5.97 Å². The van der Waals surface area contributed by atoms with E-state index < -0.39 is 5.97 Å². The highest BCUT2D eigenvalue weighted by molar-refractivity contribution is 5.69. The lowest BCUT2D eigenvalue weighted by Gasteiger charge is -2.18.